The second kappa shape index (κ2) is 2.45. The van der Waals surface area contributed by atoms with Crippen LogP contribution in [-0.2, 0) is 0 Å². The minimum absolute atomic E-state index is 0.343. The van der Waals surface area contributed by atoms with Crippen molar-refractivity contribution in [3.8, 4) is 0 Å². The molecule has 0 atom stereocenters. The largest absolute Gasteiger partial charge is 0.512 e. The summed E-state index contributed by atoms with van der Waals surface area (Å²) >= 11 is 0. The molecule has 0 unspecified atom stereocenters. The van der Waals surface area contributed by atoms with E-state index in [-0.39, 0.29) is 0 Å². The second-order valence-electron chi connectivity index (χ2n) is 1.47. The van der Waals surface area contributed by atoms with Crippen molar-refractivity contribution in [2.75, 3.05) is 0 Å². The molecule has 0 spiro atoms. The average molecular weight is 98.1 g/mol. The fourth-order valence-corrected chi connectivity index (χ4v) is 0.148. The lowest BCUT2D eigenvalue weighted by molar-refractivity contribution is 0.409. The molecular formula is C6H10O. The van der Waals surface area contributed by atoms with Gasteiger partial charge in [0.15, 0.2) is 0 Å². The molecule has 0 saturated carbocycles. The quantitative estimate of drug-likeness (QED) is 0.393. The standard InChI is InChI=1S/C6H10O/c1-4-5(2)6(3)7/h4,7H,1H2,2-3H3/b6-5+. The molecular weight excluding hydrogens is 88.1 g/mol. The van der Waals surface area contributed by atoms with Gasteiger partial charge in [0, 0.05) is 0 Å². The third kappa shape index (κ3) is 2.04. The van der Waals surface area contributed by atoms with Gasteiger partial charge >= 0.3 is 0 Å². The van der Waals surface area contributed by atoms with Gasteiger partial charge < -0.3 is 5.11 Å². The van der Waals surface area contributed by atoms with Gasteiger partial charge in [0.25, 0.3) is 0 Å². The molecule has 1 N–H and O–H groups in total. The van der Waals surface area contributed by atoms with Crippen molar-refractivity contribution >= 4 is 0 Å². The van der Waals surface area contributed by atoms with Crippen LogP contribution >= 0.6 is 0 Å². The average Bonchev–Trinajstić information content (AvgIpc) is 1.65. The number of rotatable bonds is 1. The highest BCUT2D eigenvalue weighted by atomic mass is 16.3. The van der Waals surface area contributed by atoms with Gasteiger partial charge in [0.05, 0.1) is 5.76 Å². The van der Waals surface area contributed by atoms with E-state index in [1.54, 1.807) is 13.0 Å². The molecule has 0 aromatic carbocycles. The maximum absolute atomic E-state index is 8.63. The molecule has 0 aliphatic carbocycles. The summed E-state index contributed by atoms with van der Waals surface area (Å²) in [4.78, 5) is 0. The van der Waals surface area contributed by atoms with Crippen LogP contribution in [0.2, 0.25) is 0 Å². The van der Waals surface area contributed by atoms with Crippen LogP contribution in [0.1, 0.15) is 13.8 Å². The van der Waals surface area contributed by atoms with Crippen LogP contribution in [0.15, 0.2) is 24.0 Å². The van der Waals surface area contributed by atoms with Crippen LogP contribution < -0.4 is 0 Å². The summed E-state index contributed by atoms with van der Waals surface area (Å²) in [6, 6.07) is 0. The lowest BCUT2D eigenvalue weighted by Gasteiger charge is -1.89. The molecule has 40 valence electrons. The van der Waals surface area contributed by atoms with Crippen LogP contribution in [0.25, 0.3) is 0 Å². The van der Waals surface area contributed by atoms with Crippen LogP contribution in [0.4, 0.5) is 0 Å². The van der Waals surface area contributed by atoms with Crippen LogP contribution in [0.3, 0.4) is 0 Å². The SMILES string of the molecule is C=C/C(C)=C(\C)O. The van der Waals surface area contributed by atoms with Crippen LogP contribution in [0, 0.1) is 0 Å². The van der Waals surface area contributed by atoms with Gasteiger partial charge in [-0.3, -0.25) is 0 Å². The summed E-state index contributed by atoms with van der Waals surface area (Å²) in [5, 5.41) is 8.63. The molecule has 0 rings (SSSR count). The fraction of sp³-hybridized carbons (Fsp3) is 0.333. The molecule has 0 aromatic rings. The Bertz CT molecular complexity index is 96.7. The third-order valence-corrected chi connectivity index (χ3v) is 0.877. The Kier molecular flexibility index (Phi) is 2.20. The zero-order valence-electron chi connectivity index (χ0n) is 4.73. The Morgan fingerprint density at radius 1 is 1.57 bits per heavy atom. The van der Waals surface area contributed by atoms with Crippen molar-refractivity contribution in [3.05, 3.63) is 24.0 Å². The van der Waals surface area contributed by atoms with Crippen molar-refractivity contribution in [1.29, 1.82) is 0 Å². The first-order valence-corrected chi connectivity index (χ1v) is 2.17. The lowest BCUT2D eigenvalue weighted by Crippen LogP contribution is -1.74. The highest BCUT2D eigenvalue weighted by molar-refractivity contribution is 5.14. The van der Waals surface area contributed by atoms with Crippen LogP contribution in [-0.4, -0.2) is 5.11 Å². The lowest BCUT2D eigenvalue weighted by atomic mass is 10.3. The van der Waals surface area contributed by atoms with Crippen molar-refractivity contribution < 1.29 is 5.11 Å². The van der Waals surface area contributed by atoms with E-state index in [2.05, 4.69) is 6.58 Å². The molecule has 0 aromatic heterocycles. The summed E-state index contributed by atoms with van der Waals surface area (Å²) in [5.74, 6) is 0.343. The Labute approximate surface area is 44.0 Å². The molecule has 1 nitrogen and oxygen atoms in total. The summed E-state index contributed by atoms with van der Waals surface area (Å²) < 4.78 is 0. The first kappa shape index (κ1) is 6.28. The molecule has 0 saturated heterocycles. The van der Waals surface area contributed by atoms with Crippen LogP contribution in [0.5, 0.6) is 0 Å². The van der Waals surface area contributed by atoms with Crippen molar-refractivity contribution in [1.82, 2.24) is 0 Å². The molecule has 7 heavy (non-hydrogen) atoms. The van der Waals surface area contributed by atoms with Gasteiger partial charge in [0.2, 0.25) is 0 Å². The van der Waals surface area contributed by atoms with E-state index in [0.29, 0.717) is 5.76 Å². The van der Waals surface area contributed by atoms with Crippen molar-refractivity contribution in [2.24, 2.45) is 0 Å². The normalized spacial score (nSPS) is 12.9. The van der Waals surface area contributed by atoms with Gasteiger partial charge in [-0.15, -0.1) is 0 Å². The van der Waals surface area contributed by atoms with Crippen molar-refractivity contribution in [2.45, 2.75) is 13.8 Å². The minimum Gasteiger partial charge on any atom is -0.512 e. The second-order valence-corrected chi connectivity index (χ2v) is 1.47. The molecule has 0 radical (unpaired) electrons. The van der Waals surface area contributed by atoms with Gasteiger partial charge in [-0.05, 0) is 19.4 Å². The van der Waals surface area contributed by atoms with E-state index >= 15 is 0 Å². The van der Waals surface area contributed by atoms with E-state index in [1.807, 2.05) is 6.92 Å². The fourth-order valence-electron chi connectivity index (χ4n) is 0.148. The maximum Gasteiger partial charge on any atom is 0.0920 e. The molecule has 0 amide bonds. The molecule has 0 bridgehead atoms. The van der Waals surface area contributed by atoms with Gasteiger partial charge in [-0.25, -0.2) is 0 Å². The molecule has 0 fully saturated rings. The highest BCUT2D eigenvalue weighted by Crippen LogP contribution is 1.97. The van der Waals surface area contributed by atoms with Gasteiger partial charge in [-0.2, -0.15) is 0 Å². The zero-order valence-corrected chi connectivity index (χ0v) is 4.73. The van der Waals surface area contributed by atoms with E-state index in [0.717, 1.165) is 5.57 Å². The Balaban J connectivity index is 3.98. The van der Waals surface area contributed by atoms with E-state index < -0.39 is 0 Å². The smallest absolute Gasteiger partial charge is 0.0920 e. The maximum atomic E-state index is 8.63. The Hall–Kier alpha value is -0.720. The van der Waals surface area contributed by atoms with Crippen molar-refractivity contribution in [3.63, 3.8) is 0 Å². The molecule has 1 heteroatoms. The summed E-state index contributed by atoms with van der Waals surface area (Å²) in [7, 11) is 0. The summed E-state index contributed by atoms with van der Waals surface area (Å²) in [6.45, 7) is 6.91. The van der Waals surface area contributed by atoms with Gasteiger partial charge in [-0.1, -0.05) is 12.7 Å². The predicted octanol–water partition coefficient (Wildman–Crippen LogP) is 2.02. The minimum atomic E-state index is 0.343. The topological polar surface area (TPSA) is 20.2 Å². The monoisotopic (exact) mass is 98.1 g/mol. The third-order valence-electron chi connectivity index (χ3n) is 0.877. The summed E-state index contributed by atoms with van der Waals surface area (Å²) in [6.07, 6.45) is 1.62. The van der Waals surface area contributed by atoms with Gasteiger partial charge in [0.1, 0.15) is 0 Å². The van der Waals surface area contributed by atoms with E-state index in [1.165, 1.54) is 0 Å². The number of hydrogen-bond donors (Lipinski definition) is 1. The first-order chi connectivity index (χ1) is 3.18. The molecule has 0 aliphatic rings. The number of aliphatic hydroxyl groups is 1. The predicted molar refractivity (Wildman–Crippen MR) is 31.2 cm³/mol. The number of allylic oxidation sites excluding steroid dienone is 3. The number of hydrogen-bond acceptors (Lipinski definition) is 1. The zero-order chi connectivity index (χ0) is 5.86. The Morgan fingerprint density at radius 3 is 2.00 bits per heavy atom. The van der Waals surface area contributed by atoms with E-state index in [9.17, 15) is 0 Å². The molecule has 0 aliphatic heterocycles. The Morgan fingerprint density at radius 2 is 2.00 bits per heavy atom. The number of aliphatic hydroxyl groups excluding tert-OH is 1. The summed E-state index contributed by atoms with van der Waals surface area (Å²) in [5.41, 5.74) is 0.833. The molecule has 0 heterocycles. The van der Waals surface area contributed by atoms with E-state index in [4.69, 9.17) is 5.11 Å². The highest BCUT2D eigenvalue weighted by Gasteiger charge is 1.82. The first-order valence-electron chi connectivity index (χ1n) is 2.17.